The monoisotopic (exact) mass is 346 g/mol. The molecule has 0 saturated heterocycles. The Bertz CT molecular complexity index is 232. The number of unbranched alkanes of at least 4 members (excludes halogenated alkanes) is 5. The van der Waals surface area contributed by atoms with Gasteiger partial charge in [-0.05, 0) is 25.7 Å². The zero-order valence-corrected chi connectivity index (χ0v) is 12.7. The molecule has 0 aliphatic rings. The van der Waals surface area contributed by atoms with E-state index in [0.717, 1.165) is 24.6 Å². The molecular formula is C13H22BrF3O2. The van der Waals surface area contributed by atoms with E-state index in [1.165, 1.54) is 0 Å². The van der Waals surface area contributed by atoms with E-state index >= 15 is 0 Å². The van der Waals surface area contributed by atoms with Gasteiger partial charge in [-0.25, -0.2) is 0 Å². The molecular weight excluding hydrogens is 325 g/mol. The summed E-state index contributed by atoms with van der Waals surface area (Å²) in [5, 5.41) is 0.944. The number of rotatable bonds is 11. The van der Waals surface area contributed by atoms with Gasteiger partial charge >= 0.3 is 12.1 Å². The zero-order valence-electron chi connectivity index (χ0n) is 11.1. The number of hydrogen-bond acceptors (Lipinski definition) is 2. The lowest BCUT2D eigenvalue weighted by molar-refractivity contribution is -0.143. The van der Waals surface area contributed by atoms with Crippen molar-refractivity contribution in [3.05, 3.63) is 0 Å². The average molecular weight is 347 g/mol. The number of carbonyl (C=O) groups is 1. The molecule has 6 heteroatoms. The van der Waals surface area contributed by atoms with Crippen LogP contribution >= 0.6 is 15.9 Å². The fourth-order valence-corrected chi connectivity index (χ4v) is 1.98. The van der Waals surface area contributed by atoms with Crippen LogP contribution in [-0.4, -0.2) is 24.1 Å². The number of ether oxygens (including phenoxy) is 1. The summed E-state index contributed by atoms with van der Waals surface area (Å²) in [4.78, 5) is 11.2. The van der Waals surface area contributed by atoms with Crippen LogP contribution in [0.3, 0.4) is 0 Å². The second-order valence-electron chi connectivity index (χ2n) is 4.50. The zero-order chi connectivity index (χ0) is 14.6. The molecule has 0 saturated carbocycles. The van der Waals surface area contributed by atoms with Gasteiger partial charge in [0.1, 0.15) is 0 Å². The fourth-order valence-electron chi connectivity index (χ4n) is 1.58. The molecule has 0 amide bonds. The molecule has 0 radical (unpaired) electrons. The molecule has 19 heavy (non-hydrogen) atoms. The third-order valence-electron chi connectivity index (χ3n) is 2.63. The van der Waals surface area contributed by atoms with E-state index in [-0.39, 0.29) is 12.4 Å². The van der Waals surface area contributed by atoms with Crippen LogP contribution in [0.5, 0.6) is 0 Å². The summed E-state index contributed by atoms with van der Waals surface area (Å²) in [6, 6.07) is 0. The van der Waals surface area contributed by atoms with Crippen molar-refractivity contribution in [1.82, 2.24) is 0 Å². The van der Waals surface area contributed by atoms with Gasteiger partial charge in [-0.3, -0.25) is 4.79 Å². The highest BCUT2D eigenvalue weighted by Crippen LogP contribution is 2.22. The van der Waals surface area contributed by atoms with Crippen LogP contribution in [0.4, 0.5) is 13.2 Å². The van der Waals surface area contributed by atoms with Crippen molar-refractivity contribution in [2.24, 2.45) is 0 Å². The molecule has 0 N–H and O–H groups in total. The van der Waals surface area contributed by atoms with Crippen LogP contribution in [0.15, 0.2) is 0 Å². The fraction of sp³-hybridized carbons (Fsp3) is 0.923. The molecule has 114 valence electrons. The smallest absolute Gasteiger partial charge is 0.389 e. The van der Waals surface area contributed by atoms with Crippen molar-refractivity contribution in [2.45, 2.75) is 64.0 Å². The Hall–Kier alpha value is -0.260. The molecule has 0 aromatic heterocycles. The molecule has 0 aromatic rings. The van der Waals surface area contributed by atoms with Crippen LogP contribution in [0.2, 0.25) is 0 Å². The lowest BCUT2D eigenvalue weighted by Crippen LogP contribution is -2.07. The standard InChI is InChI=1S/C13H22BrF3O2/c14-10-6-3-4-8-12(18)19-11-7-2-1-5-9-13(15,16)17/h1-11H2. The van der Waals surface area contributed by atoms with Crippen molar-refractivity contribution in [3.8, 4) is 0 Å². The summed E-state index contributed by atoms with van der Waals surface area (Å²) < 4.78 is 40.5. The Morgan fingerprint density at radius 2 is 1.58 bits per heavy atom. The lowest BCUT2D eigenvalue weighted by Gasteiger charge is -2.06. The molecule has 0 bridgehead atoms. The molecule has 0 heterocycles. The van der Waals surface area contributed by atoms with E-state index in [1.54, 1.807) is 0 Å². The third-order valence-corrected chi connectivity index (χ3v) is 3.19. The topological polar surface area (TPSA) is 26.3 Å². The van der Waals surface area contributed by atoms with Crippen LogP contribution in [0, 0.1) is 0 Å². The summed E-state index contributed by atoms with van der Waals surface area (Å²) in [5.41, 5.74) is 0. The van der Waals surface area contributed by atoms with Gasteiger partial charge in [-0.2, -0.15) is 13.2 Å². The maximum atomic E-state index is 11.8. The van der Waals surface area contributed by atoms with Crippen LogP contribution in [-0.2, 0) is 9.53 Å². The Balaban J connectivity index is 3.23. The highest BCUT2D eigenvalue weighted by atomic mass is 79.9. The molecule has 0 aliphatic carbocycles. The van der Waals surface area contributed by atoms with Gasteiger partial charge in [-0.15, -0.1) is 0 Å². The normalized spacial score (nSPS) is 11.6. The first kappa shape index (κ1) is 18.7. The summed E-state index contributed by atoms with van der Waals surface area (Å²) >= 11 is 3.31. The van der Waals surface area contributed by atoms with Gasteiger partial charge in [0.25, 0.3) is 0 Å². The van der Waals surface area contributed by atoms with Gasteiger partial charge in [0, 0.05) is 18.2 Å². The summed E-state index contributed by atoms with van der Waals surface area (Å²) in [6.07, 6.45) is 0.535. The van der Waals surface area contributed by atoms with Crippen molar-refractivity contribution < 1.29 is 22.7 Å². The Labute approximate surface area is 121 Å². The Morgan fingerprint density at radius 1 is 0.947 bits per heavy atom. The number of hydrogen-bond donors (Lipinski definition) is 0. The molecule has 0 spiro atoms. The molecule has 0 aliphatic heterocycles. The summed E-state index contributed by atoms with van der Waals surface area (Å²) in [7, 11) is 0. The number of carbonyl (C=O) groups excluding carboxylic acids is 1. The minimum absolute atomic E-state index is 0.157. The molecule has 0 rings (SSSR count). The molecule has 0 fully saturated rings. The van der Waals surface area contributed by atoms with Crippen LogP contribution in [0.25, 0.3) is 0 Å². The number of halogens is 4. The predicted molar refractivity (Wildman–Crippen MR) is 72.4 cm³/mol. The van der Waals surface area contributed by atoms with Crippen molar-refractivity contribution in [1.29, 1.82) is 0 Å². The van der Waals surface area contributed by atoms with Crippen LogP contribution < -0.4 is 0 Å². The lowest BCUT2D eigenvalue weighted by atomic mass is 10.1. The highest BCUT2D eigenvalue weighted by Gasteiger charge is 2.25. The minimum atomic E-state index is -4.05. The molecule has 0 atom stereocenters. The number of esters is 1. The van der Waals surface area contributed by atoms with Gasteiger partial charge in [-0.1, -0.05) is 35.2 Å². The van der Waals surface area contributed by atoms with Crippen molar-refractivity contribution in [2.75, 3.05) is 11.9 Å². The Morgan fingerprint density at radius 3 is 2.21 bits per heavy atom. The third kappa shape index (κ3) is 15.7. The van der Waals surface area contributed by atoms with E-state index in [4.69, 9.17) is 4.74 Å². The largest absolute Gasteiger partial charge is 0.466 e. The van der Waals surface area contributed by atoms with Crippen molar-refractivity contribution in [3.63, 3.8) is 0 Å². The first-order valence-electron chi connectivity index (χ1n) is 6.74. The SMILES string of the molecule is O=C(CCCCCBr)OCCCCCCC(F)(F)F. The maximum absolute atomic E-state index is 11.8. The second kappa shape index (κ2) is 11.6. The minimum Gasteiger partial charge on any atom is -0.466 e. The average Bonchev–Trinajstić information content (AvgIpc) is 2.32. The van der Waals surface area contributed by atoms with E-state index in [1.807, 2.05) is 0 Å². The summed E-state index contributed by atoms with van der Waals surface area (Å²) in [6.45, 7) is 0.323. The van der Waals surface area contributed by atoms with Gasteiger partial charge < -0.3 is 4.74 Å². The molecule has 0 aromatic carbocycles. The van der Waals surface area contributed by atoms with Gasteiger partial charge in [0.05, 0.1) is 6.61 Å². The van der Waals surface area contributed by atoms with Gasteiger partial charge in [0.2, 0.25) is 0 Å². The van der Waals surface area contributed by atoms with E-state index in [0.29, 0.717) is 32.3 Å². The quantitative estimate of drug-likeness (QED) is 0.299. The summed E-state index contributed by atoms with van der Waals surface area (Å²) in [5.74, 6) is -0.204. The van der Waals surface area contributed by atoms with E-state index < -0.39 is 12.6 Å². The molecule has 0 unspecified atom stereocenters. The maximum Gasteiger partial charge on any atom is 0.389 e. The van der Waals surface area contributed by atoms with Crippen molar-refractivity contribution >= 4 is 21.9 Å². The number of alkyl halides is 4. The Kier molecular flexibility index (Phi) is 11.4. The highest BCUT2D eigenvalue weighted by molar-refractivity contribution is 9.09. The van der Waals surface area contributed by atoms with Gasteiger partial charge in [0.15, 0.2) is 0 Å². The predicted octanol–water partition coefficient (Wildman–Crippen LogP) is 5.00. The van der Waals surface area contributed by atoms with Crippen LogP contribution in [0.1, 0.15) is 57.8 Å². The first-order chi connectivity index (χ1) is 8.95. The van der Waals surface area contributed by atoms with E-state index in [9.17, 15) is 18.0 Å². The first-order valence-corrected chi connectivity index (χ1v) is 7.86. The van der Waals surface area contributed by atoms with E-state index in [2.05, 4.69) is 15.9 Å². The second-order valence-corrected chi connectivity index (χ2v) is 5.29. The molecule has 2 nitrogen and oxygen atoms in total.